The maximum Gasteiger partial charge on any atom is 0.238 e. The van der Waals surface area contributed by atoms with E-state index >= 15 is 0 Å². The number of hydrogen-bond acceptors (Lipinski definition) is 6. The first-order valence-corrected chi connectivity index (χ1v) is 13.1. The Morgan fingerprint density at radius 2 is 1.77 bits per heavy atom. The summed E-state index contributed by atoms with van der Waals surface area (Å²) in [4.78, 5) is 55.5. The van der Waals surface area contributed by atoms with Gasteiger partial charge in [-0.2, -0.15) is 0 Å². The number of anilines is 1. The maximum atomic E-state index is 13.9. The lowest BCUT2D eigenvalue weighted by molar-refractivity contribution is -0.123. The van der Waals surface area contributed by atoms with E-state index in [0.29, 0.717) is 41.0 Å². The standard InChI is InChI=1S/C32H25NO6/c1-16-11-25(35)24-14-23-21(8-9-22-28(23)32(38)33(31(22)37)19-5-3-2-4-6-19)27(29(24)30(16)36)18-12-17-13-20(34)7-10-26(17)39-15-18/h2-8,10-11,13,15,22-23,27-28,34H,9,12,14H2,1H3. The SMILES string of the molecule is CC1=CC(=O)C2=C(C1=O)C(C1=COc3ccc(O)cc3C1)C1=CCC3C(=O)N(c4ccccc4)C(=O)C3C1C2. The lowest BCUT2D eigenvalue weighted by Gasteiger charge is -2.43. The highest BCUT2D eigenvalue weighted by Gasteiger charge is 2.56. The second-order valence-electron chi connectivity index (χ2n) is 10.9. The summed E-state index contributed by atoms with van der Waals surface area (Å²) in [5, 5.41) is 10.1. The summed E-state index contributed by atoms with van der Waals surface area (Å²) in [6, 6.07) is 13.8. The van der Waals surface area contributed by atoms with Gasteiger partial charge in [0.2, 0.25) is 11.8 Å². The number of carbonyl (C=O) groups excluding carboxylic acids is 4. The summed E-state index contributed by atoms with van der Waals surface area (Å²) >= 11 is 0. The van der Waals surface area contributed by atoms with Crippen LogP contribution in [0.1, 0.15) is 25.3 Å². The van der Waals surface area contributed by atoms with E-state index in [2.05, 4.69) is 0 Å². The van der Waals surface area contributed by atoms with Crippen LogP contribution in [0.2, 0.25) is 0 Å². The van der Waals surface area contributed by atoms with E-state index in [0.717, 1.165) is 16.7 Å². The molecule has 1 fully saturated rings. The first-order chi connectivity index (χ1) is 18.8. The average Bonchev–Trinajstić information content (AvgIpc) is 3.20. The van der Waals surface area contributed by atoms with Gasteiger partial charge in [-0.25, -0.2) is 0 Å². The van der Waals surface area contributed by atoms with Crippen LogP contribution in [0.25, 0.3) is 0 Å². The van der Waals surface area contributed by atoms with Crippen molar-refractivity contribution < 1.29 is 29.0 Å². The van der Waals surface area contributed by atoms with Crippen molar-refractivity contribution in [3.63, 3.8) is 0 Å². The predicted octanol–water partition coefficient (Wildman–Crippen LogP) is 4.38. The zero-order valence-corrected chi connectivity index (χ0v) is 21.2. The average molecular weight is 520 g/mol. The molecule has 3 aliphatic carbocycles. The largest absolute Gasteiger partial charge is 0.508 e. The highest BCUT2D eigenvalue weighted by molar-refractivity contribution is 6.24. The molecule has 7 nitrogen and oxygen atoms in total. The van der Waals surface area contributed by atoms with Crippen molar-refractivity contribution in [2.75, 3.05) is 4.90 Å². The molecule has 1 N–H and O–H groups in total. The van der Waals surface area contributed by atoms with E-state index in [1.54, 1.807) is 55.7 Å². The van der Waals surface area contributed by atoms with Gasteiger partial charge in [0.05, 0.1) is 23.8 Å². The minimum atomic E-state index is -0.620. The number of Topliss-reactive ketones (excluding diaryl/α,β-unsaturated/α-hetero) is 1. The Morgan fingerprint density at radius 3 is 2.56 bits per heavy atom. The zero-order valence-electron chi connectivity index (χ0n) is 21.2. The molecule has 4 atom stereocenters. The minimum Gasteiger partial charge on any atom is -0.508 e. The number of hydrogen-bond donors (Lipinski definition) is 1. The number of phenolic OH excluding ortho intramolecular Hbond substituents is 1. The van der Waals surface area contributed by atoms with Gasteiger partial charge in [-0.15, -0.1) is 0 Å². The summed E-state index contributed by atoms with van der Waals surface area (Å²) in [6.45, 7) is 1.65. The lowest BCUT2D eigenvalue weighted by Crippen LogP contribution is -2.41. The van der Waals surface area contributed by atoms with Crippen molar-refractivity contribution in [1.29, 1.82) is 0 Å². The van der Waals surface area contributed by atoms with Crippen LogP contribution in [0, 0.1) is 23.7 Å². The summed E-state index contributed by atoms with van der Waals surface area (Å²) in [5.41, 5.74) is 4.22. The van der Waals surface area contributed by atoms with Crippen molar-refractivity contribution in [3.8, 4) is 11.5 Å². The lowest BCUT2D eigenvalue weighted by atomic mass is 9.58. The third-order valence-electron chi connectivity index (χ3n) is 8.73. The van der Waals surface area contributed by atoms with E-state index in [4.69, 9.17) is 4.74 Å². The first-order valence-electron chi connectivity index (χ1n) is 13.1. The zero-order chi connectivity index (χ0) is 27.0. The fourth-order valence-electron chi connectivity index (χ4n) is 7.00. The molecule has 0 aromatic heterocycles. The van der Waals surface area contributed by atoms with Crippen LogP contribution in [-0.2, 0) is 25.6 Å². The number of imide groups is 1. The Bertz CT molecular complexity index is 1620. The van der Waals surface area contributed by atoms with Crippen molar-refractivity contribution >= 4 is 29.1 Å². The van der Waals surface area contributed by atoms with E-state index < -0.39 is 23.7 Å². The normalized spacial score (nSPS) is 27.6. The number of amides is 2. The van der Waals surface area contributed by atoms with Crippen LogP contribution in [0.15, 0.2) is 94.8 Å². The molecule has 2 aliphatic heterocycles. The number of carbonyl (C=O) groups is 4. The van der Waals surface area contributed by atoms with Gasteiger partial charge in [-0.05, 0) is 67.7 Å². The second kappa shape index (κ2) is 8.50. The molecule has 2 amide bonds. The number of phenols is 1. The summed E-state index contributed by atoms with van der Waals surface area (Å²) < 4.78 is 5.93. The molecule has 0 spiro atoms. The summed E-state index contributed by atoms with van der Waals surface area (Å²) in [7, 11) is 0. The molecule has 194 valence electrons. The number of ether oxygens (including phenoxy) is 1. The summed E-state index contributed by atoms with van der Waals surface area (Å²) in [6.07, 6.45) is 6.05. The highest BCUT2D eigenvalue weighted by atomic mass is 16.5. The molecule has 39 heavy (non-hydrogen) atoms. The minimum absolute atomic E-state index is 0.110. The molecule has 5 aliphatic rings. The molecule has 0 bridgehead atoms. The Labute approximate surface area is 224 Å². The number of nitrogens with zero attached hydrogens (tertiary/aromatic N) is 1. The fraction of sp³-hybridized carbons (Fsp3) is 0.250. The summed E-state index contributed by atoms with van der Waals surface area (Å²) in [5.74, 6) is -2.25. The number of benzene rings is 2. The molecular formula is C32H25NO6. The van der Waals surface area contributed by atoms with Gasteiger partial charge in [0, 0.05) is 34.6 Å². The quantitative estimate of drug-likeness (QED) is 0.359. The molecule has 0 saturated carbocycles. The smallest absolute Gasteiger partial charge is 0.238 e. The Hall–Kier alpha value is -4.52. The Kier molecular flexibility index (Phi) is 5.14. The van der Waals surface area contributed by atoms with Gasteiger partial charge in [0.15, 0.2) is 11.6 Å². The van der Waals surface area contributed by atoms with Crippen LogP contribution >= 0.6 is 0 Å². The monoisotopic (exact) mass is 519 g/mol. The van der Waals surface area contributed by atoms with Crippen molar-refractivity contribution in [2.45, 2.75) is 26.2 Å². The fourth-order valence-corrected chi connectivity index (χ4v) is 7.00. The van der Waals surface area contributed by atoms with Crippen LogP contribution in [0.3, 0.4) is 0 Å². The van der Waals surface area contributed by atoms with Crippen molar-refractivity contribution in [3.05, 3.63) is 100 Å². The van der Waals surface area contributed by atoms with E-state index in [-0.39, 0.29) is 35.6 Å². The topological polar surface area (TPSA) is 101 Å². The van der Waals surface area contributed by atoms with E-state index in [9.17, 15) is 24.3 Å². The number of rotatable bonds is 2. The third kappa shape index (κ3) is 3.42. The number of ketones is 2. The number of fused-ring (bicyclic) bond motifs is 4. The predicted molar refractivity (Wildman–Crippen MR) is 142 cm³/mol. The van der Waals surface area contributed by atoms with Gasteiger partial charge in [0.1, 0.15) is 11.5 Å². The Balaban J connectivity index is 1.34. The number of aromatic hydroxyl groups is 1. The highest BCUT2D eigenvalue weighted by Crippen LogP contribution is 2.55. The third-order valence-corrected chi connectivity index (χ3v) is 8.73. The van der Waals surface area contributed by atoms with Gasteiger partial charge >= 0.3 is 0 Å². The van der Waals surface area contributed by atoms with Gasteiger partial charge in [0.25, 0.3) is 0 Å². The Morgan fingerprint density at radius 1 is 0.974 bits per heavy atom. The number of allylic oxidation sites excluding steroid dienone is 7. The molecule has 1 saturated heterocycles. The molecule has 2 aromatic rings. The van der Waals surface area contributed by atoms with Crippen LogP contribution in [0.4, 0.5) is 5.69 Å². The van der Waals surface area contributed by atoms with Crippen LogP contribution < -0.4 is 9.64 Å². The molecule has 7 heteroatoms. The molecule has 7 rings (SSSR count). The van der Waals surface area contributed by atoms with Crippen LogP contribution in [-0.4, -0.2) is 28.5 Å². The molecule has 2 heterocycles. The second-order valence-corrected chi connectivity index (χ2v) is 10.9. The molecule has 0 radical (unpaired) electrons. The molecule has 2 aromatic carbocycles. The maximum absolute atomic E-state index is 13.9. The van der Waals surface area contributed by atoms with Crippen LogP contribution in [0.5, 0.6) is 11.5 Å². The van der Waals surface area contributed by atoms with Gasteiger partial charge < -0.3 is 9.84 Å². The first kappa shape index (κ1) is 23.6. The van der Waals surface area contributed by atoms with E-state index in [1.165, 1.54) is 11.0 Å². The molecular weight excluding hydrogens is 494 g/mol. The van der Waals surface area contributed by atoms with Crippen molar-refractivity contribution in [1.82, 2.24) is 0 Å². The van der Waals surface area contributed by atoms with Gasteiger partial charge in [-0.1, -0.05) is 29.8 Å². The van der Waals surface area contributed by atoms with E-state index in [1.807, 2.05) is 12.1 Å². The molecule has 4 unspecified atom stereocenters. The number of para-hydroxylation sites is 1. The van der Waals surface area contributed by atoms with Gasteiger partial charge in [-0.3, -0.25) is 24.1 Å². The van der Waals surface area contributed by atoms with Crippen molar-refractivity contribution in [2.24, 2.45) is 23.7 Å².